The van der Waals surface area contributed by atoms with E-state index in [0.29, 0.717) is 6.42 Å². The molecule has 3 N–H and O–H groups in total. The predicted molar refractivity (Wildman–Crippen MR) is 146 cm³/mol. The van der Waals surface area contributed by atoms with Crippen molar-refractivity contribution in [1.82, 2.24) is 16.2 Å². The molecule has 39 heavy (non-hydrogen) atoms. The Morgan fingerprint density at radius 2 is 1.87 bits per heavy atom. The lowest BCUT2D eigenvalue weighted by molar-refractivity contribution is -0.143. The second-order valence-corrected chi connectivity index (χ2v) is 11.1. The largest absolute Gasteiger partial charge is 0.459 e. The Morgan fingerprint density at radius 1 is 1.13 bits per heavy atom. The molecule has 218 valence electrons. The molecule has 0 radical (unpaired) electrons. The van der Waals surface area contributed by atoms with E-state index in [1.165, 1.54) is 13.0 Å². The van der Waals surface area contributed by atoms with Crippen molar-refractivity contribution in [3.05, 3.63) is 36.0 Å². The minimum atomic E-state index is -0.459. The van der Waals surface area contributed by atoms with Gasteiger partial charge in [-0.15, -0.1) is 0 Å². The lowest BCUT2D eigenvalue weighted by Crippen LogP contribution is -2.50. The van der Waals surface area contributed by atoms with Crippen molar-refractivity contribution in [2.45, 2.75) is 109 Å². The fraction of sp³-hybridized carbons (Fsp3) is 0.690. The third-order valence-electron chi connectivity index (χ3n) is 7.43. The van der Waals surface area contributed by atoms with Crippen LogP contribution >= 0.6 is 0 Å². The molecular formula is C29H45N3O7. The highest BCUT2D eigenvalue weighted by atomic mass is 16.6. The SMILES string of the molecule is CNNC(=O)C[C@@H]1C[C@@]2(CO2)C[C@@H](/C=C/C(C)=C/C[C@@H]2O[C@H](C)[C@H](NC(=O)/C=C\[C@H](C)OC(C)=O)C[C@@H]2C)O1. The van der Waals surface area contributed by atoms with Crippen molar-refractivity contribution < 1.29 is 33.3 Å². The number of carbonyl (C=O) groups excluding carboxylic acids is 3. The summed E-state index contributed by atoms with van der Waals surface area (Å²) in [6.45, 7) is 9.95. The van der Waals surface area contributed by atoms with Gasteiger partial charge in [0.05, 0.1) is 49.1 Å². The highest BCUT2D eigenvalue weighted by Crippen LogP contribution is 2.43. The minimum absolute atomic E-state index is 0.0557. The van der Waals surface area contributed by atoms with Gasteiger partial charge in [-0.2, -0.15) is 0 Å². The Balaban J connectivity index is 1.46. The van der Waals surface area contributed by atoms with Gasteiger partial charge in [-0.25, -0.2) is 5.43 Å². The van der Waals surface area contributed by atoms with Gasteiger partial charge >= 0.3 is 5.97 Å². The molecule has 3 aliphatic rings. The first-order valence-corrected chi connectivity index (χ1v) is 13.9. The molecule has 0 unspecified atom stereocenters. The van der Waals surface area contributed by atoms with Gasteiger partial charge in [0.15, 0.2) is 0 Å². The van der Waals surface area contributed by atoms with Gasteiger partial charge in [-0.3, -0.25) is 19.8 Å². The van der Waals surface area contributed by atoms with E-state index < -0.39 is 6.10 Å². The maximum absolute atomic E-state index is 12.3. The number of epoxide rings is 1. The standard InChI is InChI=1S/C29H45N3O7/c1-18(7-10-23-15-29(17-36-29)16-24(39-23)14-28(35)32-30-6)8-11-26-19(2)13-25(21(4)38-26)31-27(34)12-9-20(3)37-22(5)33/h7-10,12,19-21,23-26,30H,11,13-17H2,1-6H3,(H,31,34)(H,32,35)/b10-7+,12-9-,18-8+/t19-,20-,21+,23+,24+,25+,26-,29+/m0/s1. The average molecular weight is 548 g/mol. The van der Waals surface area contributed by atoms with E-state index in [1.54, 1.807) is 20.0 Å². The maximum atomic E-state index is 12.3. The van der Waals surface area contributed by atoms with Crippen LogP contribution in [-0.4, -0.2) is 73.6 Å². The molecule has 3 heterocycles. The lowest BCUT2D eigenvalue weighted by atomic mass is 9.88. The molecule has 0 aromatic carbocycles. The number of nitrogens with one attached hydrogen (secondary N) is 3. The van der Waals surface area contributed by atoms with Gasteiger partial charge < -0.3 is 24.3 Å². The minimum Gasteiger partial charge on any atom is -0.459 e. The molecule has 2 amide bonds. The number of amides is 2. The van der Waals surface area contributed by atoms with Crippen LogP contribution in [0.3, 0.4) is 0 Å². The van der Waals surface area contributed by atoms with Crippen molar-refractivity contribution in [3.8, 4) is 0 Å². The zero-order valence-corrected chi connectivity index (χ0v) is 24.0. The number of allylic oxidation sites excluding steroid dienone is 2. The first-order chi connectivity index (χ1) is 18.5. The van der Waals surface area contributed by atoms with Crippen LogP contribution in [0.2, 0.25) is 0 Å². The van der Waals surface area contributed by atoms with Gasteiger partial charge in [-0.1, -0.05) is 30.7 Å². The van der Waals surface area contributed by atoms with Crippen LogP contribution in [-0.2, 0) is 33.3 Å². The molecule has 3 rings (SSSR count). The van der Waals surface area contributed by atoms with Gasteiger partial charge in [0, 0.05) is 32.9 Å². The molecule has 3 saturated heterocycles. The summed E-state index contributed by atoms with van der Waals surface area (Å²) < 4.78 is 23.2. The summed E-state index contributed by atoms with van der Waals surface area (Å²) in [4.78, 5) is 35.3. The van der Waals surface area contributed by atoms with Crippen LogP contribution in [0.4, 0.5) is 0 Å². The quantitative estimate of drug-likeness (QED) is 0.118. The number of esters is 1. The summed E-state index contributed by atoms with van der Waals surface area (Å²) >= 11 is 0. The molecular weight excluding hydrogens is 502 g/mol. The van der Waals surface area contributed by atoms with Crippen molar-refractivity contribution in [1.29, 1.82) is 0 Å². The molecule has 1 spiro atoms. The van der Waals surface area contributed by atoms with Crippen LogP contribution in [0.1, 0.15) is 66.7 Å². The van der Waals surface area contributed by atoms with E-state index in [9.17, 15) is 14.4 Å². The summed E-state index contributed by atoms with van der Waals surface area (Å²) in [5.74, 6) is -0.442. The average Bonchev–Trinajstić information content (AvgIpc) is 3.59. The first kappa shape index (κ1) is 31.0. The Morgan fingerprint density at radius 3 is 2.54 bits per heavy atom. The van der Waals surface area contributed by atoms with Crippen molar-refractivity contribution in [2.24, 2.45) is 5.92 Å². The molecule has 10 heteroatoms. The Labute approximate surface area is 231 Å². The summed E-state index contributed by atoms with van der Waals surface area (Å²) in [5.41, 5.74) is 6.23. The zero-order chi connectivity index (χ0) is 28.6. The van der Waals surface area contributed by atoms with E-state index in [0.717, 1.165) is 37.9 Å². The van der Waals surface area contributed by atoms with Crippen LogP contribution < -0.4 is 16.2 Å². The van der Waals surface area contributed by atoms with E-state index in [-0.39, 0.29) is 59.8 Å². The molecule has 10 nitrogen and oxygen atoms in total. The summed E-state index contributed by atoms with van der Waals surface area (Å²) in [6.07, 6.45) is 11.9. The highest BCUT2D eigenvalue weighted by molar-refractivity contribution is 5.87. The summed E-state index contributed by atoms with van der Waals surface area (Å²) in [7, 11) is 1.66. The monoisotopic (exact) mass is 547 g/mol. The maximum Gasteiger partial charge on any atom is 0.303 e. The van der Waals surface area contributed by atoms with E-state index in [4.69, 9.17) is 18.9 Å². The smallest absolute Gasteiger partial charge is 0.303 e. The zero-order valence-electron chi connectivity index (χ0n) is 24.0. The number of hydrogen-bond acceptors (Lipinski definition) is 8. The number of hydrazine groups is 1. The molecule has 0 aromatic heterocycles. The van der Waals surface area contributed by atoms with E-state index >= 15 is 0 Å². The van der Waals surface area contributed by atoms with Crippen molar-refractivity contribution in [3.63, 3.8) is 0 Å². The number of rotatable bonds is 11. The molecule has 8 atom stereocenters. The second-order valence-electron chi connectivity index (χ2n) is 11.1. The topological polar surface area (TPSA) is 128 Å². The third kappa shape index (κ3) is 10.2. The fourth-order valence-electron chi connectivity index (χ4n) is 5.27. The molecule has 0 aromatic rings. The Kier molecular flexibility index (Phi) is 11.3. The molecule has 3 fully saturated rings. The van der Waals surface area contributed by atoms with Gasteiger partial charge in [-0.05, 0) is 45.6 Å². The summed E-state index contributed by atoms with van der Waals surface area (Å²) in [6, 6.07) is -0.0917. The lowest BCUT2D eigenvalue weighted by Gasteiger charge is -2.39. The third-order valence-corrected chi connectivity index (χ3v) is 7.43. The van der Waals surface area contributed by atoms with Crippen LogP contribution in [0, 0.1) is 5.92 Å². The van der Waals surface area contributed by atoms with Gasteiger partial charge in [0.2, 0.25) is 11.8 Å². The van der Waals surface area contributed by atoms with E-state index in [2.05, 4.69) is 48.2 Å². The molecule has 0 saturated carbocycles. The second kappa shape index (κ2) is 14.2. The van der Waals surface area contributed by atoms with Crippen molar-refractivity contribution >= 4 is 17.8 Å². The first-order valence-electron chi connectivity index (χ1n) is 13.9. The fourth-order valence-corrected chi connectivity index (χ4v) is 5.27. The van der Waals surface area contributed by atoms with Crippen LogP contribution in [0.15, 0.2) is 36.0 Å². The highest BCUT2D eigenvalue weighted by Gasteiger charge is 2.51. The van der Waals surface area contributed by atoms with E-state index in [1.807, 2.05) is 6.92 Å². The summed E-state index contributed by atoms with van der Waals surface area (Å²) in [5, 5.41) is 3.01. The number of carbonyl (C=O) groups is 3. The normalized spacial score (nSPS) is 33.7. The van der Waals surface area contributed by atoms with Gasteiger partial charge in [0.25, 0.3) is 0 Å². The van der Waals surface area contributed by atoms with Gasteiger partial charge in [0.1, 0.15) is 6.10 Å². The molecule has 0 bridgehead atoms. The molecule has 0 aliphatic carbocycles. The Bertz CT molecular complexity index is 959. The number of hydrogen-bond donors (Lipinski definition) is 3. The van der Waals surface area contributed by atoms with Crippen molar-refractivity contribution in [2.75, 3.05) is 13.7 Å². The van der Waals surface area contributed by atoms with Crippen LogP contribution in [0.25, 0.3) is 0 Å². The van der Waals surface area contributed by atoms with Crippen LogP contribution in [0.5, 0.6) is 0 Å². The predicted octanol–water partition coefficient (Wildman–Crippen LogP) is 2.64. The number of ether oxygens (including phenoxy) is 4. The molecule has 3 aliphatic heterocycles. The Hall–Kier alpha value is -2.53.